The molecule has 3 nitrogen and oxygen atoms in total. The standard InChI is InChI=1S/C13H19NO2/c1-2-13-11-16-9-8-14(13,15)10-12-6-4-3-5-7-12/h3-7,13H,2,8-11H2,1H3. The molecule has 16 heavy (non-hydrogen) atoms. The largest absolute Gasteiger partial charge is 0.632 e. The normalized spacial score (nSPS) is 30.2. The molecule has 0 saturated carbocycles. The Bertz CT molecular complexity index is 328. The molecule has 88 valence electrons. The molecule has 2 rings (SSSR count). The molecule has 0 aliphatic carbocycles. The van der Waals surface area contributed by atoms with Gasteiger partial charge in [0.1, 0.15) is 19.1 Å². The Balaban J connectivity index is 2.11. The maximum atomic E-state index is 12.7. The van der Waals surface area contributed by atoms with Crippen LogP contribution in [0.2, 0.25) is 0 Å². The van der Waals surface area contributed by atoms with Crippen molar-refractivity contribution in [3.63, 3.8) is 0 Å². The van der Waals surface area contributed by atoms with Gasteiger partial charge in [0, 0.05) is 5.56 Å². The molecule has 3 heteroatoms. The summed E-state index contributed by atoms with van der Waals surface area (Å²) in [5, 5.41) is 12.7. The third-order valence-corrected chi connectivity index (χ3v) is 3.35. The van der Waals surface area contributed by atoms with Gasteiger partial charge in [-0.15, -0.1) is 0 Å². The Hall–Kier alpha value is -0.900. The average Bonchev–Trinajstić information content (AvgIpc) is 2.30. The third kappa shape index (κ3) is 2.43. The molecule has 2 unspecified atom stereocenters. The molecule has 0 amide bonds. The lowest BCUT2D eigenvalue weighted by Crippen LogP contribution is -2.56. The van der Waals surface area contributed by atoms with E-state index < -0.39 is 0 Å². The van der Waals surface area contributed by atoms with Crippen molar-refractivity contribution in [1.29, 1.82) is 0 Å². The first kappa shape index (κ1) is 11.6. The fourth-order valence-corrected chi connectivity index (χ4v) is 2.31. The smallest absolute Gasteiger partial charge is 0.112 e. The highest BCUT2D eigenvalue weighted by molar-refractivity contribution is 5.13. The molecule has 1 heterocycles. The summed E-state index contributed by atoms with van der Waals surface area (Å²) in [5.74, 6) is 0. The Kier molecular flexibility index (Phi) is 3.59. The van der Waals surface area contributed by atoms with Gasteiger partial charge >= 0.3 is 0 Å². The monoisotopic (exact) mass is 221 g/mol. The zero-order chi connectivity index (χ0) is 11.4. The molecule has 1 aromatic carbocycles. The van der Waals surface area contributed by atoms with Crippen LogP contribution in [0.3, 0.4) is 0 Å². The highest BCUT2D eigenvalue weighted by atomic mass is 16.6. The zero-order valence-electron chi connectivity index (χ0n) is 9.76. The Morgan fingerprint density at radius 2 is 2.12 bits per heavy atom. The summed E-state index contributed by atoms with van der Waals surface area (Å²) in [6.45, 7) is 4.41. The van der Waals surface area contributed by atoms with Crippen LogP contribution in [-0.4, -0.2) is 30.4 Å². The van der Waals surface area contributed by atoms with Gasteiger partial charge in [-0.1, -0.05) is 37.3 Å². The number of ether oxygens (including phenoxy) is 1. The van der Waals surface area contributed by atoms with Gasteiger partial charge in [-0.25, -0.2) is 0 Å². The molecule has 1 aromatic rings. The van der Waals surface area contributed by atoms with E-state index >= 15 is 0 Å². The van der Waals surface area contributed by atoms with E-state index in [1.165, 1.54) is 0 Å². The second-order valence-electron chi connectivity index (χ2n) is 4.46. The van der Waals surface area contributed by atoms with Crippen molar-refractivity contribution >= 4 is 0 Å². The minimum atomic E-state index is -0.124. The number of hydrogen-bond acceptors (Lipinski definition) is 2. The van der Waals surface area contributed by atoms with Crippen LogP contribution in [0.5, 0.6) is 0 Å². The third-order valence-electron chi connectivity index (χ3n) is 3.35. The lowest BCUT2D eigenvalue weighted by molar-refractivity contribution is -0.926. The molecule has 1 fully saturated rings. The Labute approximate surface area is 96.8 Å². The van der Waals surface area contributed by atoms with Gasteiger partial charge in [-0.05, 0) is 6.42 Å². The molecule has 1 aliphatic heterocycles. The quantitative estimate of drug-likeness (QED) is 0.579. The van der Waals surface area contributed by atoms with Crippen molar-refractivity contribution in [3.8, 4) is 0 Å². The van der Waals surface area contributed by atoms with E-state index in [1.54, 1.807) is 0 Å². The predicted molar refractivity (Wildman–Crippen MR) is 63.5 cm³/mol. The molecule has 1 aliphatic rings. The first-order valence-electron chi connectivity index (χ1n) is 5.94. The molecule has 0 aromatic heterocycles. The summed E-state index contributed by atoms with van der Waals surface area (Å²) in [4.78, 5) is 0. The van der Waals surface area contributed by atoms with Gasteiger partial charge in [-0.3, -0.25) is 0 Å². The van der Waals surface area contributed by atoms with Crippen LogP contribution in [0, 0.1) is 5.21 Å². The molecule has 0 spiro atoms. The van der Waals surface area contributed by atoms with Crippen LogP contribution in [0.4, 0.5) is 0 Å². The van der Waals surface area contributed by atoms with E-state index in [0.717, 1.165) is 12.0 Å². The number of benzene rings is 1. The number of hydroxylamine groups is 3. The average molecular weight is 221 g/mol. The van der Waals surface area contributed by atoms with Crippen LogP contribution in [0.1, 0.15) is 18.9 Å². The summed E-state index contributed by atoms with van der Waals surface area (Å²) in [6, 6.07) is 10.1. The molecule has 0 bridgehead atoms. The maximum Gasteiger partial charge on any atom is 0.112 e. The van der Waals surface area contributed by atoms with E-state index in [2.05, 4.69) is 6.92 Å². The first-order chi connectivity index (χ1) is 7.74. The van der Waals surface area contributed by atoms with Crippen molar-refractivity contribution < 1.29 is 9.38 Å². The van der Waals surface area contributed by atoms with Gasteiger partial charge in [0.05, 0.1) is 13.2 Å². The van der Waals surface area contributed by atoms with Crippen molar-refractivity contribution in [2.75, 3.05) is 19.8 Å². The minimum absolute atomic E-state index is 0.0916. The SMILES string of the molecule is CCC1COCC[N+]1([O-])Cc1ccccc1. The highest BCUT2D eigenvalue weighted by Crippen LogP contribution is 2.23. The van der Waals surface area contributed by atoms with Gasteiger partial charge < -0.3 is 14.6 Å². The Morgan fingerprint density at radius 1 is 1.38 bits per heavy atom. The van der Waals surface area contributed by atoms with Crippen molar-refractivity contribution in [1.82, 2.24) is 0 Å². The van der Waals surface area contributed by atoms with E-state index in [-0.39, 0.29) is 10.7 Å². The number of rotatable bonds is 3. The molecule has 0 N–H and O–H groups in total. The molecule has 2 atom stereocenters. The fourth-order valence-electron chi connectivity index (χ4n) is 2.31. The van der Waals surface area contributed by atoms with Crippen molar-refractivity contribution in [2.24, 2.45) is 0 Å². The lowest BCUT2D eigenvalue weighted by atomic mass is 10.1. The summed E-state index contributed by atoms with van der Waals surface area (Å²) < 4.78 is 5.27. The topological polar surface area (TPSA) is 32.3 Å². The number of nitrogens with zero attached hydrogens (tertiary/aromatic N) is 1. The van der Waals surface area contributed by atoms with E-state index in [1.807, 2.05) is 30.3 Å². The van der Waals surface area contributed by atoms with Gasteiger partial charge in [0.15, 0.2) is 0 Å². The minimum Gasteiger partial charge on any atom is -0.632 e. The van der Waals surface area contributed by atoms with Crippen molar-refractivity contribution in [3.05, 3.63) is 41.1 Å². The second kappa shape index (κ2) is 4.95. The summed E-state index contributed by atoms with van der Waals surface area (Å²) in [5.41, 5.74) is 1.12. The van der Waals surface area contributed by atoms with Crippen molar-refractivity contribution in [2.45, 2.75) is 25.9 Å². The summed E-state index contributed by atoms with van der Waals surface area (Å²) >= 11 is 0. The van der Waals surface area contributed by atoms with E-state index in [4.69, 9.17) is 4.74 Å². The van der Waals surface area contributed by atoms with Gasteiger partial charge in [0.25, 0.3) is 0 Å². The summed E-state index contributed by atoms with van der Waals surface area (Å²) in [6.07, 6.45) is 0.885. The van der Waals surface area contributed by atoms with Crippen LogP contribution in [0.25, 0.3) is 0 Å². The van der Waals surface area contributed by atoms with Gasteiger partial charge in [0.2, 0.25) is 0 Å². The van der Waals surface area contributed by atoms with E-state index in [0.29, 0.717) is 26.3 Å². The molecule has 1 saturated heterocycles. The van der Waals surface area contributed by atoms with Gasteiger partial charge in [-0.2, -0.15) is 0 Å². The fraction of sp³-hybridized carbons (Fsp3) is 0.538. The van der Waals surface area contributed by atoms with Crippen LogP contribution in [-0.2, 0) is 11.3 Å². The second-order valence-corrected chi connectivity index (χ2v) is 4.46. The van der Waals surface area contributed by atoms with Crippen LogP contribution >= 0.6 is 0 Å². The summed E-state index contributed by atoms with van der Waals surface area (Å²) in [7, 11) is 0. The molecular formula is C13H19NO2. The zero-order valence-corrected chi connectivity index (χ0v) is 9.76. The lowest BCUT2D eigenvalue weighted by Gasteiger charge is -2.51. The first-order valence-corrected chi connectivity index (χ1v) is 5.94. The molecular weight excluding hydrogens is 202 g/mol. The van der Waals surface area contributed by atoms with E-state index in [9.17, 15) is 5.21 Å². The Morgan fingerprint density at radius 3 is 2.81 bits per heavy atom. The predicted octanol–water partition coefficient (Wildman–Crippen LogP) is 2.31. The highest BCUT2D eigenvalue weighted by Gasteiger charge is 2.31. The molecule has 0 radical (unpaired) electrons. The number of morpholine rings is 1. The van der Waals surface area contributed by atoms with Crippen LogP contribution < -0.4 is 0 Å². The van der Waals surface area contributed by atoms with Crippen LogP contribution in [0.15, 0.2) is 30.3 Å². The number of hydrogen-bond donors (Lipinski definition) is 0. The maximum absolute atomic E-state index is 12.7. The number of quaternary nitrogens is 1.